The van der Waals surface area contributed by atoms with Crippen LogP contribution >= 0.6 is 0 Å². The Balaban J connectivity index is 1.64. The van der Waals surface area contributed by atoms with Gasteiger partial charge in [0.2, 0.25) is 6.41 Å². The number of carbonyl (C=O) groups excluding carboxylic acids is 2. The van der Waals surface area contributed by atoms with Gasteiger partial charge in [-0.3, -0.25) is 14.6 Å². The second kappa shape index (κ2) is 7.74. The van der Waals surface area contributed by atoms with Crippen LogP contribution in [0.1, 0.15) is 15.9 Å². The fourth-order valence-electron chi connectivity index (χ4n) is 2.73. The summed E-state index contributed by atoms with van der Waals surface area (Å²) < 4.78 is 13.6. The molecule has 1 aromatic carbocycles. The SMILES string of the molecule is O=CN1CCN(c2cncc(C(=O)NCc3ccccc3F)c2)CC1. The van der Waals surface area contributed by atoms with E-state index in [-0.39, 0.29) is 18.3 Å². The first-order valence-electron chi connectivity index (χ1n) is 8.08. The normalized spacial score (nSPS) is 14.3. The largest absolute Gasteiger partial charge is 0.367 e. The van der Waals surface area contributed by atoms with Gasteiger partial charge in [0.1, 0.15) is 5.82 Å². The van der Waals surface area contributed by atoms with Crippen LogP contribution in [0.3, 0.4) is 0 Å². The molecule has 0 atom stereocenters. The minimum Gasteiger partial charge on any atom is -0.367 e. The molecule has 0 radical (unpaired) electrons. The molecule has 3 rings (SSSR count). The molecule has 1 saturated heterocycles. The van der Waals surface area contributed by atoms with Crippen LogP contribution in [0.4, 0.5) is 10.1 Å². The summed E-state index contributed by atoms with van der Waals surface area (Å²) in [4.78, 5) is 31.0. The predicted octanol–water partition coefficient (Wildman–Crippen LogP) is 1.43. The first kappa shape index (κ1) is 16.9. The predicted molar refractivity (Wildman–Crippen MR) is 91.7 cm³/mol. The van der Waals surface area contributed by atoms with E-state index < -0.39 is 0 Å². The van der Waals surface area contributed by atoms with Crippen molar-refractivity contribution >= 4 is 18.0 Å². The number of nitrogens with one attached hydrogen (secondary N) is 1. The van der Waals surface area contributed by atoms with Crippen LogP contribution in [0.5, 0.6) is 0 Å². The van der Waals surface area contributed by atoms with Crippen LogP contribution in [0.2, 0.25) is 0 Å². The molecule has 130 valence electrons. The maximum absolute atomic E-state index is 13.6. The summed E-state index contributed by atoms with van der Waals surface area (Å²) in [6.45, 7) is 2.80. The quantitative estimate of drug-likeness (QED) is 0.835. The lowest BCUT2D eigenvalue weighted by Crippen LogP contribution is -2.45. The van der Waals surface area contributed by atoms with E-state index in [1.807, 2.05) is 0 Å². The zero-order valence-electron chi connectivity index (χ0n) is 13.7. The number of pyridine rings is 1. The summed E-state index contributed by atoms with van der Waals surface area (Å²) in [5, 5.41) is 2.71. The summed E-state index contributed by atoms with van der Waals surface area (Å²) >= 11 is 0. The molecule has 1 aliphatic rings. The van der Waals surface area contributed by atoms with Gasteiger partial charge in [-0.15, -0.1) is 0 Å². The average molecular weight is 342 g/mol. The molecule has 6 nitrogen and oxygen atoms in total. The Hall–Kier alpha value is -2.96. The number of anilines is 1. The first-order chi connectivity index (χ1) is 12.2. The summed E-state index contributed by atoms with van der Waals surface area (Å²) in [7, 11) is 0. The van der Waals surface area contributed by atoms with Gasteiger partial charge in [0.25, 0.3) is 5.91 Å². The van der Waals surface area contributed by atoms with E-state index in [1.54, 1.807) is 35.4 Å². The highest BCUT2D eigenvalue weighted by molar-refractivity contribution is 5.94. The topological polar surface area (TPSA) is 65.5 Å². The van der Waals surface area contributed by atoms with E-state index in [0.29, 0.717) is 37.3 Å². The molecule has 2 aromatic rings. The third-order valence-corrected chi connectivity index (χ3v) is 4.21. The number of rotatable bonds is 5. The lowest BCUT2D eigenvalue weighted by Gasteiger charge is -2.34. The minimum atomic E-state index is -0.345. The highest BCUT2D eigenvalue weighted by atomic mass is 19.1. The molecule has 1 N–H and O–H groups in total. The summed E-state index contributed by atoms with van der Waals surface area (Å²) in [5.74, 6) is -0.646. The van der Waals surface area contributed by atoms with E-state index >= 15 is 0 Å². The standard InChI is InChI=1S/C18H19FN4O2/c19-17-4-2-1-3-14(17)11-21-18(25)15-9-16(12-20-10-15)23-7-5-22(13-24)6-8-23/h1-4,9-10,12-13H,5-8,11H2,(H,21,25). The highest BCUT2D eigenvalue weighted by Gasteiger charge is 2.17. The number of nitrogens with zero attached hydrogens (tertiary/aromatic N) is 3. The van der Waals surface area contributed by atoms with Gasteiger partial charge < -0.3 is 15.1 Å². The first-order valence-corrected chi connectivity index (χ1v) is 8.08. The summed E-state index contributed by atoms with van der Waals surface area (Å²) in [5.41, 5.74) is 1.70. The highest BCUT2D eigenvalue weighted by Crippen LogP contribution is 2.16. The molecule has 7 heteroatoms. The maximum Gasteiger partial charge on any atom is 0.253 e. The van der Waals surface area contributed by atoms with Crippen molar-refractivity contribution in [3.05, 3.63) is 59.7 Å². The van der Waals surface area contributed by atoms with Crippen LogP contribution < -0.4 is 10.2 Å². The van der Waals surface area contributed by atoms with E-state index in [9.17, 15) is 14.0 Å². The molecule has 1 aromatic heterocycles. The number of halogens is 1. The Morgan fingerprint density at radius 1 is 1.20 bits per heavy atom. The fourth-order valence-corrected chi connectivity index (χ4v) is 2.73. The van der Waals surface area contributed by atoms with Crippen LogP contribution in [0, 0.1) is 5.82 Å². The Morgan fingerprint density at radius 2 is 1.96 bits per heavy atom. The van der Waals surface area contributed by atoms with Crippen LogP contribution in [-0.4, -0.2) is 48.4 Å². The van der Waals surface area contributed by atoms with E-state index in [4.69, 9.17) is 0 Å². The van der Waals surface area contributed by atoms with Gasteiger partial charge >= 0.3 is 0 Å². The second-order valence-corrected chi connectivity index (χ2v) is 5.83. The Morgan fingerprint density at radius 3 is 2.68 bits per heavy atom. The van der Waals surface area contributed by atoms with Gasteiger partial charge in [0.05, 0.1) is 17.4 Å². The monoisotopic (exact) mass is 342 g/mol. The third kappa shape index (κ3) is 4.12. The van der Waals surface area contributed by atoms with E-state index in [2.05, 4.69) is 15.2 Å². The van der Waals surface area contributed by atoms with Crippen molar-refractivity contribution in [3.63, 3.8) is 0 Å². The lowest BCUT2D eigenvalue weighted by molar-refractivity contribution is -0.118. The molecular weight excluding hydrogens is 323 g/mol. The minimum absolute atomic E-state index is 0.119. The molecule has 0 unspecified atom stereocenters. The second-order valence-electron chi connectivity index (χ2n) is 5.83. The third-order valence-electron chi connectivity index (χ3n) is 4.21. The summed E-state index contributed by atoms with van der Waals surface area (Å²) in [6, 6.07) is 8.10. The number of aromatic nitrogens is 1. The smallest absolute Gasteiger partial charge is 0.253 e. The Kier molecular flexibility index (Phi) is 5.23. The maximum atomic E-state index is 13.6. The van der Waals surface area contributed by atoms with Crippen molar-refractivity contribution in [3.8, 4) is 0 Å². The zero-order chi connectivity index (χ0) is 17.6. The van der Waals surface area contributed by atoms with Crippen molar-refractivity contribution in [1.29, 1.82) is 0 Å². The molecule has 1 fully saturated rings. The van der Waals surface area contributed by atoms with Gasteiger partial charge in [0, 0.05) is 44.5 Å². The van der Waals surface area contributed by atoms with Crippen molar-refractivity contribution in [2.24, 2.45) is 0 Å². The van der Waals surface area contributed by atoms with E-state index in [1.165, 1.54) is 12.3 Å². The number of amides is 2. The van der Waals surface area contributed by atoms with Crippen LogP contribution in [0.15, 0.2) is 42.7 Å². The number of hydrogen-bond donors (Lipinski definition) is 1. The summed E-state index contributed by atoms with van der Waals surface area (Å²) in [6.07, 6.45) is 4.04. The molecule has 25 heavy (non-hydrogen) atoms. The molecule has 0 saturated carbocycles. The van der Waals surface area contributed by atoms with Gasteiger partial charge in [-0.2, -0.15) is 0 Å². The van der Waals surface area contributed by atoms with Crippen molar-refractivity contribution in [2.45, 2.75) is 6.54 Å². The Bertz CT molecular complexity index is 760. The van der Waals surface area contributed by atoms with Crippen molar-refractivity contribution in [2.75, 3.05) is 31.1 Å². The van der Waals surface area contributed by atoms with Crippen molar-refractivity contribution in [1.82, 2.24) is 15.2 Å². The molecular formula is C18H19FN4O2. The molecule has 0 aliphatic carbocycles. The molecule has 1 aliphatic heterocycles. The van der Waals surface area contributed by atoms with Gasteiger partial charge in [0.15, 0.2) is 0 Å². The number of carbonyl (C=O) groups is 2. The number of benzene rings is 1. The lowest BCUT2D eigenvalue weighted by atomic mass is 10.2. The van der Waals surface area contributed by atoms with Crippen LogP contribution in [-0.2, 0) is 11.3 Å². The van der Waals surface area contributed by atoms with Gasteiger partial charge in [-0.05, 0) is 12.1 Å². The van der Waals surface area contributed by atoms with Crippen molar-refractivity contribution < 1.29 is 14.0 Å². The molecule has 0 spiro atoms. The van der Waals surface area contributed by atoms with E-state index in [0.717, 1.165) is 12.1 Å². The fraction of sp³-hybridized carbons (Fsp3) is 0.278. The average Bonchev–Trinajstić information content (AvgIpc) is 2.67. The van der Waals surface area contributed by atoms with Gasteiger partial charge in [-0.25, -0.2) is 4.39 Å². The zero-order valence-corrected chi connectivity index (χ0v) is 13.7. The molecule has 0 bridgehead atoms. The Labute approximate surface area is 145 Å². The number of piperazine rings is 1. The molecule has 2 heterocycles. The van der Waals surface area contributed by atoms with Crippen LogP contribution in [0.25, 0.3) is 0 Å². The van der Waals surface area contributed by atoms with Gasteiger partial charge in [-0.1, -0.05) is 18.2 Å². The molecule has 2 amide bonds. The number of hydrogen-bond acceptors (Lipinski definition) is 4.